The van der Waals surface area contributed by atoms with E-state index in [0.717, 1.165) is 67.6 Å². The fraction of sp³-hybridized carbons (Fsp3) is 0.0426. The van der Waals surface area contributed by atoms with Crippen molar-refractivity contribution in [1.82, 2.24) is 15.0 Å². The van der Waals surface area contributed by atoms with Crippen LogP contribution in [0, 0.1) is 0 Å². The molecular formula is C47H35N3. The summed E-state index contributed by atoms with van der Waals surface area (Å²) < 4.78 is 0. The third-order valence-electron chi connectivity index (χ3n) is 9.04. The maximum Gasteiger partial charge on any atom is 0.164 e. The third kappa shape index (κ3) is 6.63. The van der Waals surface area contributed by atoms with E-state index in [9.17, 15) is 0 Å². The van der Waals surface area contributed by atoms with Gasteiger partial charge >= 0.3 is 0 Å². The summed E-state index contributed by atoms with van der Waals surface area (Å²) in [5, 5.41) is 0. The predicted octanol–water partition coefficient (Wildman–Crippen LogP) is 12.1. The first kappa shape index (κ1) is 30.9. The zero-order valence-corrected chi connectivity index (χ0v) is 27.9. The fourth-order valence-electron chi connectivity index (χ4n) is 6.40. The van der Waals surface area contributed by atoms with E-state index >= 15 is 0 Å². The van der Waals surface area contributed by atoms with E-state index in [1.807, 2.05) is 24.3 Å². The molecule has 0 amide bonds. The largest absolute Gasteiger partial charge is 0.208 e. The van der Waals surface area contributed by atoms with Crippen LogP contribution in [0.1, 0.15) is 12.5 Å². The SMILES string of the molecule is CCc1cccc(-c2nc(-c3cc(-c4ccccc4)cc(-c4ccccc4)c3)nc(-c3cc(-c4ccccc4)cc(-c4ccccc4)c3)n2)c1. The molecule has 3 nitrogen and oxygen atoms in total. The van der Waals surface area contributed by atoms with Gasteiger partial charge in [-0.3, -0.25) is 0 Å². The van der Waals surface area contributed by atoms with Crippen molar-refractivity contribution in [1.29, 1.82) is 0 Å². The second-order valence-corrected chi connectivity index (χ2v) is 12.4. The standard InChI is InChI=1S/C47H35N3/c1-2-33-16-15-25-38(26-33)45-48-46(43-29-39(34-17-7-3-8-18-34)27-40(30-43)35-19-9-4-10-20-35)50-47(49-45)44-31-41(36-21-11-5-12-22-36)28-42(32-44)37-23-13-6-14-24-37/h3-32H,2H2,1H3. The van der Waals surface area contributed by atoms with Crippen LogP contribution in [0.25, 0.3) is 78.7 Å². The quantitative estimate of drug-likeness (QED) is 0.166. The molecule has 50 heavy (non-hydrogen) atoms. The van der Waals surface area contributed by atoms with Gasteiger partial charge in [0.15, 0.2) is 17.5 Å². The Labute approximate surface area is 293 Å². The molecule has 0 fully saturated rings. The Morgan fingerprint density at radius 3 is 0.920 bits per heavy atom. The van der Waals surface area contributed by atoms with Crippen molar-refractivity contribution in [3.05, 3.63) is 188 Å². The predicted molar refractivity (Wildman–Crippen MR) is 207 cm³/mol. The zero-order chi connectivity index (χ0) is 33.7. The highest BCUT2D eigenvalue weighted by Gasteiger charge is 2.17. The van der Waals surface area contributed by atoms with Crippen molar-refractivity contribution >= 4 is 0 Å². The molecule has 3 heteroatoms. The molecule has 0 radical (unpaired) electrons. The second-order valence-electron chi connectivity index (χ2n) is 12.4. The number of benzene rings is 7. The molecule has 0 spiro atoms. The molecule has 1 aromatic heterocycles. The van der Waals surface area contributed by atoms with Crippen LogP contribution in [0.15, 0.2) is 182 Å². The van der Waals surface area contributed by atoms with Crippen LogP contribution in [-0.4, -0.2) is 15.0 Å². The highest BCUT2D eigenvalue weighted by atomic mass is 15.0. The molecule has 0 saturated carbocycles. The number of aryl methyl sites for hydroxylation is 1. The number of nitrogens with zero attached hydrogens (tertiary/aromatic N) is 3. The monoisotopic (exact) mass is 641 g/mol. The van der Waals surface area contributed by atoms with Crippen LogP contribution >= 0.6 is 0 Å². The molecule has 238 valence electrons. The van der Waals surface area contributed by atoms with Gasteiger partial charge in [0.1, 0.15) is 0 Å². The fourth-order valence-corrected chi connectivity index (χ4v) is 6.40. The minimum absolute atomic E-state index is 0.633. The van der Waals surface area contributed by atoms with Gasteiger partial charge in [-0.2, -0.15) is 0 Å². The van der Waals surface area contributed by atoms with Crippen LogP contribution in [-0.2, 0) is 6.42 Å². The number of aromatic nitrogens is 3. The number of rotatable bonds is 8. The molecule has 0 unspecified atom stereocenters. The van der Waals surface area contributed by atoms with Crippen LogP contribution in [0.4, 0.5) is 0 Å². The van der Waals surface area contributed by atoms with Gasteiger partial charge in [0.25, 0.3) is 0 Å². The van der Waals surface area contributed by atoms with Gasteiger partial charge in [-0.1, -0.05) is 146 Å². The summed E-state index contributed by atoms with van der Waals surface area (Å²) in [6, 6.07) is 63.8. The molecule has 0 aliphatic rings. The average molecular weight is 642 g/mol. The van der Waals surface area contributed by atoms with Gasteiger partial charge in [-0.25, -0.2) is 15.0 Å². The normalized spacial score (nSPS) is 11.0. The van der Waals surface area contributed by atoms with Crippen LogP contribution < -0.4 is 0 Å². The summed E-state index contributed by atoms with van der Waals surface area (Å²) in [6.45, 7) is 2.17. The van der Waals surface area contributed by atoms with Crippen molar-refractivity contribution in [3.63, 3.8) is 0 Å². The van der Waals surface area contributed by atoms with E-state index in [2.05, 4.69) is 165 Å². The molecule has 0 atom stereocenters. The minimum Gasteiger partial charge on any atom is -0.208 e. The van der Waals surface area contributed by atoms with Gasteiger partial charge < -0.3 is 0 Å². The summed E-state index contributed by atoms with van der Waals surface area (Å²) in [5.74, 6) is 1.92. The molecule has 8 rings (SSSR count). The Balaban J connectivity index is 1.37. The maximum atomic E-state index is 5.26. The Morgan fingerprint density at radius 1 is 0.280 bits per heavy atom. The van der Waals surface area contributed by atoms with E-state index < -0.39 is 0 Å². The zero-order valence-electron chi connectivity index (χ0n) is 27.9. The highest BCUT2D eigenvalue weighted by molar-refractivity contribution is 5.82. The van der Waals surface area contributed by atoms with E-state index in [-0.39, 0.29) is 0 Å². The van der Waals surface area contributed by atoms with Crippen molar-refractivity contribution in [2.45, 2.75) is 13.3 Å². The Kier molecular flexibility index (Phi) is 8.61. The molecule has 8 aromatic rings. The molecule has 0 aliphatic carbocycles. The topological polar surface area (TPSA) is 38.7 Å². The first-order chi connectivity index (χ1) is 24.7. The maximum absolute atomic E-state index is 5.26. The van der Waals surface area contributed by atoms with E-state index in [1.54, 1.807) is 0 Å². The Morgan fingerprint density at radius 2 is 0.580 bits per heavy atom. The van der Waals surface area contributed by atoms with Gasteiger partial charge in [-0.05, 0) is 99.0 Å². The molecule has 0 aliphatic heterocycles. The molecule has 0 saturated heterocycles. The summed E-state index contributed by atoms with van der Waals surface area (Å²) in [7, 11) is 0. The smallest absolute Gasteiger partial charge is 0.164 e. The summed E-state index contributed by atoms with van der Waals surface area (Å²) in [4.78, 5) is 15.6. The molecule has 7 aromatic carbocycles. The van der Waals surface area contributed by atoms with E-state index in [1.165, 1.54) is 5.56 Å². The lowest BCUT2D eigenvalue weighted by Gasteiger charge is -2.14. The minimum atomic E-state index is 0.633. The van der Waals surface area contributed by atoms with Crippen molar-refractivity contribution in [3.8, 4) is 78.7 Å². The summed E-state index contributed by atoms with van der Waals surface area (Å²) >= 11 is 0. The molecular weight excluding hydrogens is 607 g/mol. The van der Waals surface area contributed by atoms with Gasteiger partial charge in [-0.15, -0.1) is 0 Å². The van der Waals surface area contributed by atoms with Gasteiger partial charge in [0.05, 0.1) is 0 Å². The van der Waals surface area contributed by atoms with Crippen molar-refractivity contribution in [2.24, 2.45) is 0 Å². The first-order valence-corrected chi connectivity index (χ1v) is 17.1. The Bertz CT molecular complexity index is 2130. The van der Waals surface area contributed by atoms with Crippen LogP contribution in [0.5, 0.6) is 0 Å². The number of hydrogen-bond acceptors (Lipinski definition) is 3. The Hall–Kier alpha value is -6.45. The van der Waals surface area contributed by atoms with Gasteiger partial charge in [0, 0.05) is 16.7 Å². The summed E-state index contributed by atoms with van der Waals surface area (Å²) in [5.41, 5.74) is 13.1. The first-order valence-electron chi connectivity index (χ1n) is 17.1. The molecule has 0 bridgehead atoms. The molecule has 0 N–H and O–H groups in total. The summed E-state index contributed by atoms with van der Waals surface area (Å²) in [6.07, 6.45) is 0.928. The van der Waals surface area contributed by atoms with Crippen LogP contribution in [0.3, 0.4) is 0 Å². The second kappa shape index (κ2) is 14.0. The van der Waals surface area contributed by atoms with E-state index in [4.69, 9.17) is 15.0 Å². The lowest BCUT2D eigenvalue weighted by Crippen LogP contribution is -2.01. The van der Waals surface area contributed by atoms with Gasteiger partial charge in [0.2, 0.25) is 0 Å². The van der Waals surface area contributed by atoms with Crippen molar-refractivity contribution in [2.75, 3.05) is 0 Å². The average Bonchev–Trinajstić information content (AvgIpc) is 3.21. The lowest BCUT2D eigenvalue weighted by atomic mass is 9.95. The molecule has 1 heterocycles. The van der Waals surface area contributed by atoms with Crippen LogP contribution in [0.2, 0.25) is 0 Å². The van der Waals surface area contributed by atoms with Crippen molar-refractivity contribution < 1.29 is 0 Å². The number of hydrogen-bond donors (Lipinski definition) is 0. The van der Waals surface area contributed by atoms with E-state index in [0.29, 0.717) is 17.5 Å². The lowest BCUT2D eigenvalue weighted by molar-refractivity contribution is 1.07. The highest BCUT2D eigenvalue weighted by Crippen LogP contribution is 2.36. The third-order valence-corrected chi connectivity index (χ3v) is 9.04.